The summed E-state index contributed by atoms with van der Waals surface area (Å²) < 4.78 is 25.4. The number of nitrogens with zero attached hydrogens (tertiary/aromatic N) is 1. The first kappa shape index (κ1) is 19.5. The summed E-state index contributed by atoms with van der Waals surface area (Å²) in [7, 11) is -3.39. The van der Waals surface area contributed by atoms with Crippen molar-refractivity contribution in [3.05, 3.63) is 29.8 Å². The number of carbonyl (C=O) groups excluding carboxylic acids is 1. The van der Waals surface area contributed by atoms with E-state index in [9.17, 15) is 13.2 Å². The second-order valence-electron chi connectivity index (χ2n) is 6.73. The Labute approximate surface area is 140 Å². The molecule has 130 valence electrons. The number of hydrogen-bond acceptors (Lipinski definition) is 3. The Balaban J connectivity index is 2.85. The van der Waals surface area contributed by atoms with Crippen LogP contribution in [0.2, 0.25) is 0 Å². The number of benzene rings is 1. The van der Waals surface area contributed by atoms with Crippen molar-refractivity contribution in [2.45, 2.75) is 46.0 Å². The second-order valence-corrected chi connectivity index (χ2v) is 8.64. The van der Waals surface area contributed by atoms with Gasteiger partial charge in [0.15, 0.2) is 0 Å². The predicted octanol–water partition coefficient (Wildman–Crippen LogP) is 2.67. The van der Waals surface area contributed by atoms with Gasteiger partial charge in [-0.2, -0.15) is 0 Å². The molecule has 0 saturated heterocycles. The molecule has 0 saturated carbocycles. The topological polar surface area (TPSA) is 66.5 Å². The molecule has 1 aromatic carbocycles. The zero-order valence-corrected chi connectivity index (χ0v) is 15.5. The van der Waals surface area contributed by atoms with E-state index < -0.39 is 10.0 Å². The molecule has 1 rings (SSSR count). The van der Waals surface area contributed by atoms with E-state index in [2.05, 4.69) is 26.1 Å². The zero-order valence-electron chi connectivity index (χ0n) is 14.7. The molecule has 0 bridgehead atoms. The summed E-state index contributed by atoms with van der Waals surface area (Å²) in [4.78, 5) is 11.5. The maximum Gasteiger partial charge on any atom is 0.232 e. The first-order chi connectivity index (χ1) is 10.6. The average molecular weight is 340 g/mol. The molecule has 0 aliphatic heterocycles. The van der Waals surface area contributed by atoms with Crippen LogP contribution in [0.5, 0.6) is 0 Å². The van der Waals surface area contributed by atoms with Crippen LogP contribution >= 0.6 is 0 Å². The van der Waals surface area contributed by atoms with Crippen LogP contribution in [-0.2, 0) is 20.2 Å². The SMILES string of the molecule is CCCC(=O)NCCN(c1ccc(C(C)(C)C)cc1)S(C)(=O)=O. The third kappa shape index (κ3) is 6.22. The molecule has 6 heteroatoms. The van der Waals surface area contributed by atoms with E-state index in [-0.39, 0.29) is 17.9 Å². The Hall–Kier alpha value is -1.56. The Morgan fingerprint density at radius 1 is 1.17 bits per heavy atom. The Bertz CT molecular complexity index is 616. The Kier molecular flexibility index (Phi) is 6.62. The van der Waals surface area contributed by atoms with Gasteiger partial charge in [0.2, 0.25) is 15.9 Å². The lowest BCUT2D eigenvalue weighted by Crippen LogP contribution is -2.38. The maximum absolute atomic E-state index is 12.0. The van der Waals surface area contributed by atoms with Crippen LogP contribution in [-0.4, -0.2) is 33.7 Å². The first-order valence-corrected chi connectivity index (χ1v) is 9.75. The van der Waals surface area contributed by atoms with Gasteiger partial charge in [-0.15, -0.1) is 0 Å². The van der Waals surface area contributed by atoms with Gasteiger partial charge in [-0.25, -0.2) is 8.42 Å². The highest BCUT2D eigenvalue weighted by molar-refractivity contribution is 7.92. The lowest BCUT2D eigenvalue weighted by atomic mass is 9.87. The Morgan fingerprint density at radius 3 is 2.17 bits per heavy atom. The van der Waals surface area contributed by atoms with Crippen LogP contribution in [0.15, 0.2) is 24.3 Å². The third-order valence-electron chi connectivity index (χ3n) is 3.54. The van der Waals surface area contributed by atoms with Gasteiger partial charge in [0.1, 0.15) is 0 Å². The summed E-state index contributed by atoms with van der Waals surface area (Å²) in [5.41, 5.74) is 1.78. The first-order valence-electron chi connectivity index (χ1n) is 7.90. The van der Waals surface area contributed by atoms with Crippen molar-refractivity contribution in [2.75, 3.05) is 23.7 Å². The largest absolute Gasteiger partial charge is 0.354 e. The number of hydrogen-bond donors (Lipinski definition) is 1. The van der Waals surface area contributed by atoms with Crippen molar-refractivity contribution >= 4 is 21.6 Å². The number of amides is 1. The fourth-order valence-electron chi connectivity index (χ4n) is 2.23. The summed E-state index contributed by atoms with van der Waals surface area (Å²) in [5.74, 6) is -0.0518. The number of anilines is 1. The van der Waals surface area contributed by atoms with Crippen LogP contribution in [0.3, 0.4) is 0 Å². The number of nitrogens with one attached hydrogen (secondary N) is 1. The highest BCUT2D eigenvalue weighted by atomic mass is 32.2. The molecule has 0 unspecified atom stereocenters. The van der Waals surface area contributed by atoms with Gasteiger partial charge in [-0.05, 0) is 29.5 Å². The lowest BCUT2D eigenvalue weighted by Gasteiger charge is -2.24. The molecule has 23 heavy (non-hydrogen) atoms. The van der Waals surface area contributed by atoms with E-state index in [4.69, 9.17) is 0 Å². The molecule has 0 aromatic heterocycles. The quantitative estimate of drug-likeness (QED) is 0.830. The van der Waals surface area contributed by atoms with Gasteiger partial charge in [-0.3, -0.25) is 9.10 Å². The molecule has 1 amide bonds. The van der Waals surface area contributed by atoms with Crippen LogP contribution in [0.25, 0.3) is 0 Å². The van der Waals surface area contributed by atoms with E-state index in [1.165, 1.54) is 10.6 Å². The second kappa shape index (κ2) is 7.81. The molecule has 0 radical (unpaired) electrons. The minimum atomic E-state index is -3.39. The zero-order chi connectivity index (χ0) is 17.7. The average Bonchev–Trinajstić information content (AvgIpc) is 2.42. The smallest absolute Gasteiger partial charge is 0.232 e. The van der Waals surface area contributed by atoms with E-state index in [0.29, 0.717) is 18.7 Å². The van der Waals surface area contributed by atoms with Crippen molar-refractivity contribution in [2.24, 2.45) is 0 Å². The molecule has 0 heterocycles. The van der Waals surface area contributed by atoms with Crippen molar-refractivity contribution in [1.29, 1.82) is 0 Å². The van der Waals surface area contributed by atoms with Crippen LogP contribution in [0, 0.1) is 0 Å². The van der Waals surface area contributed by atoms with Crippen LogP contribution < -0.4 is 9.62 Å². The van der Waals surface area contributed by atoms with E-state index in [1.807, 2.05) is 31.2 Å². The number of rotatable bonds is 7. The molecule has 0 aliphatic rings. The lowest BCUT2D eigenvalue weighted by molar-refractivity contribution is -0.121. The molecule has 0 aliphatic carbocycles. The van der Waals surface area contributed by atoms with Gasteiger partial charge in [0.05, 0.1) is 18.5 Å². The summed E-state index contributed by atoms with van der Waals surface area (Å²) in [6, 6.07) is 7.53. The normalized spacial score (nSPS) is 12.0. The molecule has 1 aromatic rings. The fourth-order valence-corrected chi connectivity index (χ4v) is 3.15. The standard InChI is InChI=1S/C17H28N2O3S/c1-6-7-16(20)18-12-13-19(23(5,21)22)15-10-8-14(9-11-15)17(2,3)4/h8-11H,6-7,12-13H2,1-5H3,(H,18,20). The molecular formula is C17H28N2O3S. The monoisotopic (exact) mass is 340 g/mol. The van der Waals surface area contributed by atoms with Crippen LogP contribution in [0.1, 0.15) is 46.1 Å². The predicted molar refractivity (Wildman–Crippen MR) is 95.2 cm³/mol. The molecule has 0 atom stereocenters. The van der Waals surface area contributed by atoms with Crippen molar-refractivity contribution < 1.29 is 13.2 Å². The van der Waals surface area contributed by atoms with Crippen molar-refractivity contribution in [1.82, 2.24) is 5.32 Å². The summed E-state index contributed by atoms with van der Waals surface area (Å²) in [5, 5.41) is 2.75. The van der Waals surface area contributed by atoms with Gasteiger partial charge < -0.3 is 5.32 Å². The van der Waals surface area contributed by atoms with Crippen molar-refractivity contribution in [3.63, 3.8) is 0 Å². The van der Waals surface area contributed by atoms with Gasteiger partial charge in [0, 0.05) is 13.0 Å². The summed E-state index contributed by atoms with van der Waals surface area (Å²) in [6.45, 7) is 8.79. The third-order valence-corrected chi connectivity index (χ3v) is 4.73. The van der Waals surface area contributed by atoms with E-state index >= 15 is 0 Å². The highest BCUT2D eigenvalue weighted by Gasteiger charge is 2.19. The van der Waals surface area contributed by atoms with E-state index in [0.717, 1.165) is 12.0 Å². The highest BCUT2D eigenvalue weighted by Crippen LogP contribution is 2.25. The number of sulfonamides is 1. The minimum absolute atomic E-state index is 0.0164. The van der Waals surface area contributed by atoms with Crippen LogP contribution in [0.4, 0.5) is 5.69 Å². The van der Waals surface area contributed by atoms with Crippen molar-refractivity contribution in [3.8, 4) is 0 Å². The Morgan fingerprint density at radius 2 is 1.74 bits per heavy atom. The summed E-state index contributed by atoms with van der Waals surface area (Å²) >= 11 is 0. The molecular weight excluding hydrogens is 312 g/mol. The van der Waals surface area contributed by atoms with E-state index in [1.54, 1.807) is 0 Å². The molecule has 1 N–H and O–H groups in total. The minimum Gasteiger partial charge on any atom is -0.354 e. The summed E-state index contributed by atoms with van der Waals surface area (Å²) in [6.07, 6.45) is 2.41. The molecule has 0 spiro atoms. The van der Waals surface area contributed by atoms with Gasteiger partial charge >= 0.3 is 0 Å². The maximum atomic E-state index is 12.0. The fraction of sp³-hybridized carbons (Fsp3) is 0.588. The van der Waals surface area contributed by atoms with Gasteiger partial charge in [-0.1, -0.05) is 39.8 Å². The molecule has 5 nitrogen and oxygen atoms in total. The number of carbonyl (C=O) groups is 1. The van der Waals surface area contributed by atoms with Gasteiger partial charge in [0.25, 0.3) is 0 Å². The molecule has 0 fully saturated rings.